The molecule has 1 aromatic carbocycles. The molecule has 0 aliphatic heterocycles. The summed E-state index contributed by atoms with van der Waals surface area (Å²) in [5, 5.41) is 3.21. The molecule has 0 spiro atoms. The van der Waals surface area contributed by atoms with E-state index < -0.39 is 0 Å². The molecule has 2 heteroatoms. The first-order chi connectivity index (χ1) is 6.69. The summed E-state index contributed by atoms with van der Waals surface area (Å²) in [7, 11) is 3.60. The van der Waals surface area contributed by atoms with Crippen molar-refractivity contribution < 1.29 is 4.74 Å². The maximum absolute atomic E-state index is 5.10. The second kappa shape index (κ2) is 4.82. The Morgan fingerprint density at radius 2 is 1.93 bits per heavy atom. The molecule has 0 aliphatic carbocycles. The van der Waals surface area contributed by atoms with Gasteiger partial charge in [0.25, 0.3) is 0 Å². The number of ether oxygens (including phenoxy) is 1. The zero-order valence-electron chi connectivity index (χ0n) is 9.00. The molecule has 1 atom stereocenters. The summed E-state index contributed by atoms with van der Waals surface area (Å²) >= 11 is 0. The molecule has 2 nitrogen and oxygen atoms in total. The zero-order valence-corrected chi connectivity index (χ0v) is 9.00. The van der Waals surface area contributed by atoms with E-state index in [4.69, 9.17) is 4.74 Å². The van der Waals surface area contributed by atoms with Crippen LogP contribution in [0.3, 0.4) is 0 Å². The second-order valence-corrected chi connectivity index (χ2v) is 3.34. The Morgan fingerprint density at radius 1 is 1.36 bits per heavy atom. The normalized spacial score (nSPS) is 12.2. The molecule has 14 heavy (non-hydrogen) atoms. The summed E-state index contributed by atoms with van der Waals surface area (Å²) in [4.78, 5) is 0. The van der Waals surface area contributed by atoms with E-state index in [1.165, 1.54) is 5.56 Å². The molecule has 0 heterocycles. The van der Waals surface area contributed by atoms with Crippen LogP contribution in [0.1, 0.15) is 18.5 Å². The summed E-state index contributed by atoms with van der Waals surface area (Å²) in [6, 6.07) is 8.25. The lowest BCUT2D eigenvalue weighted by atomic mass is 10.0. The van der Waals surface area contributed by atoms with Gasteiger partial charge in [0.15, 0.2) is 0 Å². The van der Waals surface area contributed by atoms with Crippen LogP contribution in [0.15, 0.2) is 36.4 Å². The lowest BCUT2D eigenvalue weighted by Gasteiger charge is -2.16. The molecule has 0 bridgehead atoms. The average molecular weight is 191 g/mol. The van der Waals surface area contributed by atoms with Crippen molar-refractivity contribution in [2.75, 3.05) is 14.2 Å². The van der Waals surface area contributed by atoms with Crippen LogP contribution in [0.4, 0.5) is 0 Å². The third-order valence-electron chi connectivity index (χ3n) is 2.23. The molecule has 76 valence electrons. The van der Waals surface area contributed by atoms with Crippen molar-refractivity contribution in [1.82, 2.24) is 5.32 Å². The van der Waals surface area contributed by atoms with Gasteiger partial charge >= 0.3 is 0 Å². The summed E-state index contributed by atoms with van der Waals surface area (Å²) < 4.78 is 5.10. The first-order valence-corrected chi connectivity index (χ1v) is 4.65. The standard InChI is InChI=1S/C12H17NO/c1-9(2)12(13-3)10-5-7-11(14-4)8-6-10/h5-8,12-13H,1H2,2-4H3. The topological polar surface area (TPSA) is 21.3 Å². The third kappa shape index (κ3) is 2.36. The van der Waals surface area contributed by atoms with E-state index in [1.54, 1.807) is 7.11 Å². The van der Waals surface area contributed by atoms with E-state index in [1.807, 2.05) is 26.1 Å². The van der Waals surface area contributed by atoms with E-state index in [0.29, 0.717) is 0 Å². The highest BCUT2D eigenvalue weighted by atomic mass is 16.5. The number of hydrogen-bond acceptors (Lipinski definition) is 2. The number of nitrogens with one attached hydrogen (secondary N) is 1. The Balaban J connectivity index is 2.89. The number of likely N-dealkylation sites (N-methyl/N-ethyl adjacent to an activating group) is 1. The number of benzene rings is 1. The summed E-state index contributed by atoms with van der Waals surface area (Å²) in [5.41, 5.74) is 2.32. The quantitative estimate of drug-likeness (QED) is 0.738. The van der Waals surface area contributed by atoms with Crippen molar-refractivity contribution in [2.45, 2.75) is 13.0 Å². The first kappa shape index (κ1) is 10.8. The lowest BCUT2D eigenvalue weighted by Crippen LogP contribution is -2.16. The highest BCUT2D eigenvalue weighted by Crippen LogP contribution is 2.21. The lowest BCUT2D eigenvalue weighted by molar-refractivity contribution is 0.414. The van der Waals surface area contributed by atoms with Gasteiger partial charge < -0.3 is 10.1 Å². The maximum atomic E-state index is 5.10. The molecule has 0 amide bonds. The van der Waals surface area contributed by atoms with E-state index >= 15 is 0 Å². The smallest absolute Gasteiger partial charge is 0.118 e. The Bertz CT molecular complexity index is 303. The van der Waals surface area contributed by atoms with Crippen molar-refractivity contribution in [3.8, 4) is 5.75 Å². The highest BCUT2D eigenvalue weighted by Gasteiger charge is 2.08. The van der Waals surface area contributed by atoms with Crippen molar-refractivity contribution >= 4 is 0 Å². The number of rotatable bonds is 4. The van der Waals surface area contributed by atoms with Gasteiger partial charge in [-0.15, -0.1) is 0 Å². The van der Waals surface area contributed by atoms with Crippen LogP contribution >= 0.6 is 0 Å². The Hall–Kier alpha value is -1.28. The van der Waals surface area contributed by atoms with Crippen LogP contribution in [0, 0.1) is 0 Å². The van der Waals surface area contributed by atoms with Crippen molar-refractivity contribution in [1.29, 1.82) is 0 Å². The van der Waals surface area contributed by atoms with Crippen LogP contribution in [0.2, 0.25) is 0 Å². The largest absolute Gasteiger partial charge is 0.497 e. The van der Waals surface area contributed by atoms with E-state index in [0.717, 1.165) is 11.3 Å². The van der Waals surface area contributed by atoms with Gasteiger partial charge in [-0.05, 0) is 31.7 Å². The molecular formula is C12H17NO. The van der Waals surface area contributed by atoms with Crippen molar-refractivity contribution in [2.24, 2.45) is 0 Å². The molecule has 1 unspecified atom stereocenters. The molecule has 1 rings (SSSR count). The van der Waals surface area contributed by atoms with Gasteiger partial charge in [0.05, 0.1) is 13.2 Å². The summed E-state index contributed by atoms with van der Waals surface area (Å²) in [5.74, 6) is 0.880. The molecule has 0 aromatic heterocycles. The molecule has 1 N–H and O–H groups in total. The van der Waals surface area contributed by atoms with Crippen molar-refractivity contribution in [3.05, 3.63) is 42.0 Å². The predicted octanol–water partition coefficient (Wildman–Crippen LogP) is 2.53. The number of methoxy groups -OCH3 is 1. The zero-order chi connectivity index (χ0) is 10.6. The van der Waals surface area contributed by atoms with Gasteiger partial charge in [-0.3, -0.25) is 0 Å². The van der Waals surface area contributed by atoms with Crippen LogP contribution in [0.5, 0.6) is 5.75 Å². The minimum absolute atomic E-state index is 0.223. The van der Waals surface area contributed by atoms with Gasteiger partial charge in [-0.25, -0.2) is 0 Å². The van der Waals surface area contributed by atoms with Gasteiger partial charge in [0, 0.05) is 0 Å². The SMILES string of the molecule is C=C(C)C(NC)c1ccc(OC)cc1. The fraction of sp³-hybridized carbons (Fsp3) is 0.333. The fourth-order valence-corrected chi connectivity index (χ4v) is 1.49. The Kier molecular flexibility index (Phi) is 3.72. The van der Waals surface area contributed by atoms with Gasteiger partial charge in [0.1, 0.15) is 5.75 Å². The highest BCUT2D eigenvalue weighted by molar-refractivity contribution is 5.32. The molecule has 1 aromatic rings. The van der Waals surface area contributed by atoms with Crippen LogP contribution < -0.4 is 10.1 Å². The predicted molar refractivity (Wildman–Crippen MR) is 59.6 cm³/mol. The minimum atomic E-state index is 0.223. The van der Waals surface area contributed by atoms with E-state index in [-0.39, 0.29) is 6.04 Å². The first-order valence-electron chi connectivity index (χ1n) is 4.65. The van der Waals surface area contributed by atoms with E-state index in [9.17, 15) is 0 Å². The van der Waals surface area contributed by atoms with Gasteiger partial charge in [0.2, 0.25) is 0 Å². The molecule has 0 fully saturated rings. The van der Waals surface area contributed by atoms with Crippen LogP contribution in [-0.2, 0) is 0 Å². The molecule has 0 radical (unpaired) electrons. The van der Waals surface area contributed by atoms with Gasteiger partial charge in [-0.2, -0.15) is 0 Å². The molecule has 0 saturated heterocycles. The molecule has 0 aliphatic rings. The molecule has 0 saturated carbocycles. The Labute approximate surface area is 85.6 Å². The average Bonchev–Trinajstić information content (AvgIpc) is 2.19. The fourth-order valence-electron chi connectivity index (χ4n) is 1.49. The van der Waals surface area contributed by atoms with Crippen LogP contribution in [-0.4, -0.2) is 14.2 Å². The Morgan fingerprint density at radius 3 is 2.29 bits per heavy atom. The molecular weight excluding hydrogens is 174 g/mol. The minimum Gasteiger partial charge on any atom is -0.497 e. The monoisotopic (exact) mass is 191 g/mol. The number of hydrogen-bond donors (Lipinski definition) is 1. The van der Waals surface area contributed by atoms with Gasteiger partial charge in [-0.1, -0.05) is 24.3 Å². The maximum Gasteiger partial charge on any atom is 0.118 e. The third-order valence-corrected chi connectivity index (χ3v) is 2.23. The summed E-state index contributed by atoms with van der Waals surface area (Å²) in [6.45, 7) is 5.97. The van der Waals surface area contributed by atoms with Crippen molar-refractivity contribution in [3.63, 3.8) is 0 Å². The van der Waals surface area contributed by atoms with E-state index in [2.05, 4.69) is 24.0 Å². The second-order valence-electron chi connectivity index (χ2n) is 3.34. The summed E-state index contributed by atoms with van der Waals surface area (Å²) in [6.07, 6.45) is 0. The van der Waals surface area contributed by atoms with Crippen LogP contribution in [0.25, 0.3) is 0 Å².